The van der Waals surface area contributed by atoms with Gasteiger partial charge < -0.3 is 18.9 Å². The van der Waals surface area contributed by atoms with E-state index in [-0.39, 0.29) is 13.2 Å². The van der Waals surface area contributed by atoms with Crippen molar-refractivity contribution in [3.8, 4) is 0 Å². The fourth-order valence-electron chi connectivity index (χ4n) is 4.81. The average molecular weight is 579 g/mol. The van der Waals surface area contributed by atoms with Crippen molar-refractivity contribution < 1.29 is 50.7 Å². The van der Waals surface area contributed by atoms with E-state index in [1.807, 2.05) is 0 Å². The number of rotatable bonds is 17. The summed E-state index contributed by atoms with van der Waals surface area (Å²) in [5.41, 5.74) is 0. The summed E-state index contributed by atoms with van der Waals surface area (Å²) in [6, 6.07) is -1.02. The number of amides is 1. The van der Waals surface area contributed by atoms with Crippen molar-refractivity contribution in [2.24, 2.45) is 0 Å². The maximum absolute atomic E-state index is 12.8. The van der Waals surface area contributed by atoms with Gasteiger partial charge in [0, 0.05) is 20.8 Å². The molecule has 0 aromatic carbocycles. The molecule has 0 saturated carbocycles. The SMILES string of the molecule is CCCCCCCCCCCCOS(=O)(=O)N[C@@H]1C(OC(C)=O)C(OC(C)=O)[C@H](OC(C)=O)C2COC(=O)N21. The fourth-order valence-corrected chi connectivity index (χ4v) is 5.76. The molecule has 0 aliphatic carbocycles. The van der Waals surface area contributed by atoms with Crippen LogP contribution in [0.1, 0.15) is 91.9 Å². The molecule has 2 rings (SSSR count). The predicted octanol–water partition coefficient (Wildman–Crippen LogP) is 2.71. The summed E-state index contributed by atoms with van der Waals surface area (Å²) in [5, 5.41) is 0. The first-order valence-electron chi connectivity index (χ1n) is 13.6. The Morgan fingerprint density at radius 2 is 1.31 bits per heavy atom. The Kier molecular flexibility index (Phi) is 13.4. The Bertz CT molecular complexity index is 942. The summed E-state index contributed by atoms with van der Waals surface area (Å²) >= 11 is 0. The van der Waals surface area contributed by atoms with E-state index in [4.69, 9.17) is 23.1 Å². The van der Waals surface area contributed by atoms with Crippen LogP contribution in [0, 0.1) is 0 Å². The summed E-state index contributed by atoms with van der Waals surface area (Å²) in [7, 11) is -4.45. The number of hydrogen-bond acceptors (Lipinski definition) is 11. The number of hydrogen-bond donors (Lipinski definition) is 1. The van der Waals surface area contributed by atoms with Crippen molar-refractivity contribution in [1.82, 2.24) is 9.62 Å². The van der Waals surface area contributed by atoms with Crippen LogP contribution in [0.25, 0.3) is 0 Å². The van der Waals surface area contributed by atoms with Gasteiger partial charge in [-0.05, 0) is 6.42 Å². The zero-order chi connectivity index (χ0) is 29.0. The lowest BCUT2D eigenvalue weighted by Crippen LogP contribution is -2.72. The van der Waals surface area contributed by atoms with Crippen LogP contribution >= 0.6 is 0 Å². The van der Waals surface area contributed by atoms with Gasteiger partial charge in [-0.15, -0.1) is 0 Å². The van der Waals surface area contributed by atoms with E-state index in [1.54, 1.807) is 0 Å². The van der Waals surface area contributed by atoms with Gasteiger partial charge in [-0.3, -0.25) is 23.5 Å². The molecule has 1 amide bonds. The third-order valence-corrected chi connectivity index (χ3v) is 7.50. The number of fused-ring (bicyclic) bond motifs is 1. The maximum atomic E-state index is 12.8. The van der Waals surface area contributed by atoms with Crippen LogP contribution in [0.2, 0.25) is 0 Å². The highest BCUT2D eigenvalue weighted by Crippen LogP contribution is 2.34. The van der Waals surface area contributed by atoms with Crippen LogP contribution in [0.5, 0.6) is 0 Å². The number of ether oxygens (including phenoxy) is 4. The minimum atomic E-state index is -4.45. The molecule has 13 nitrogen and oxygen atoms in total. The smallest absolute Gasteiger partial charge is 0.411 e. The van der Waals surface area contributed by atoms with Crippen molar-refractivity contribution in [3.05, 3.63) is 0 Å². The fraction of sp³-hybridized carbons (Fsp3) is 0.840. The second kappa shape index (κ2) is 16.0. The normalized spacial score (nSPS) is 24.6. The molecule has 3 unspecified atom stereocenters. The molecule has 2 aliphatic heterocycles. The molecule has 0 radical (unpaired) electrons. The number of carbonyl (C=O) groups excluding carboxylic acids is 4. The van der Waals surface area contributed by atoms with Gasteiger partial charge in [0.25, 0.3) is 0 Å². The highest BCUT2D eigenvalue weighted by atomic mass is 32.2. The van der Waals surface area contributed by atoms with E-state index in [0.29, 0.717) is 6.42 Å². The van der Waals surface area contributed by atoms with Gasteiger partial charge in [-0.1, -0.05) is 64.7 Å². The number of esters is 3. The summed E-state index contributed by atoms with van der Waals surface area (Å²) in [4.78, 5) is 49.1. The molecule has 1 N–H and O–H groups in total. The first-order valence-corrected chi connectivity index (χ1v) is 15.0. The second-order valence-corrected chi connectivity index (χ2v) is 11.2. The van der Waals surface area contributed by atoms with Crippen molar-refractivity contribution in [3.63, 3.8) is 0 Å². The van der Waals surface area contributed by atoms with Gasteiger partial charge in [0.1, 0.15) is 18.8 Å². The first-order chi connectivity index (χ1) is 18.5. The zero-order valence-electron chi connectivity index (χ0n) is 23.2. The van der Waals surface area contributed by atoms with Crippen LogP contribution in [-0.2, 0) is 47.8 Å². The standard InChI is InChI=1S/C25H42N2O11S/c1-5-6-7-8-9-10-11-12-13-14-15-35-39(32,33)26-24-23(38-19(4)30)22(37-18(3)29)21(36-17(2)28)20-16-34-25(31)27(20)24/h20-24,26H,5-16H2,1-4H3/t20?,21-,22?,23?,24+/m1/s1. The Morgan fingerprint density at radius 3 is 1.85 bits per heavy atom. The van der Waals surface area contributed by atoms with Crippen LogP contribution < -0.4 is 4.72 Å². The van der Waals surface area contributed by atoms with E-state index in [2.05, 4.69) is 11.6 Å². The average Bonchev–Trinajstić information content (AvgIpc) is 3.22. The highest BCUT2D eigenvalue weighted by Gasteiger charge is 2.60. The molecule has 2 saturated heterocycles. The van der Waals surface area contributed by atoms with E-state index in [0.717, 1.165) is 51.4 Å². The summed E-state index contributed by atoms with van der Waals surface area (Å²) in [6.45, 7) is 5.08. The first kappa shape index (κ1) is 32.8. The van der Waals surface area contributed by atoms with Crippen molar-refractivity contribution in [2.45, 2.75) is 122 Å². The molecule has 0 aromatic rings. The molecular formula is C25H42N2O11S. The minimum Gasteiger partial charge on any atom is -0.456 e. The van der Waals surface area contributed by atoms with Crippen molar-refractivity contribution in [1.29, 1.82) is 0 Å². The van der Waals surface area contributed by atoms with Gasteiger partial charge in [0.2, 0.25) is 0 Å². The van der Waals surface area contributed by atoms with E-state index >= 15 is 0 Å². The molecule has 224 valence electrons. The van der Waals surface area contributed by atoms with E-state index in [1.165, 1.54) is 32.1 Å². The molecule has 39 heavy (non-hydrogen) atoms. The maximum Gasteiger partial charge on any atom is 0.411 e. The van der Waals surface area contributed by atoms with Crippen LogP contribution in [-0.4, -0.2) is 81.1 Å². The van der Waals surface area contributed by atoms with Gasteiger partial charge in [0.05, 0.1) is 6.61 Å². The molecule has 2 aliphatic rings. The molecule has 2 fully saturated rings. The molecule has 5 atom stereocenters. The lowest BCUT2D eigenvalue weighted by Gasteiger charge is -2.47. The lowest BCUT2D eigenvalue weighted by molar-refractivity contribution is -0.207. The number of unbranched alkanes of at least 4 members (excludes halogenated alkanes) is 9. The zero-order valence-corrected chi connectivity index (χ0v) is 24.0. The Balaban J connectivity index is 2.05. The number of cyclic esters (lactones) is 1. The topological polar surface area (TPSA) is 164 Å². The number of carbonyl (C=O) groups is 4. The van der Waals surface area contributed by atoms with Gasteiger partial charge in [0.15, 0.2) is 18.3 Å². The number of piperidine rings is 1. The van der Waals surface area contributed by atoms with E-state index in [9.17, 15) is 27.6 Å². The van der Waals surface area contributed by atoms with Gasteiger partial charge in [-0.2, -0.15) is 13.1 Å². The molecule has 2 heterocycles. The minimum absolute atomic E-state index is 0.0892. The van der Waals surface area contributed by atoms with Crippen LogP contribution in [0.4, 0.5) is 4.79 Å². The van der Waals surface area contributed by atoms with Gasteiger partial charge >= 0.3 is 34.3 Å². The quantitative estimate of drug-likeness (QED) is 0.153. The monoisotopic (exact) mass is 578 g/mol. The highest BCUT2D eigenvalue weighted by molar-refractivity contribution is 7.84. The summed E-state index contributed by atoms with van der Waals surface area (Å²) < 4.78 is 54.0. The van der Waals surface area contributed by atoms with Crippen molar-refractivity contribution in [2.75, 3.05) is 13.2 Å². The number of nitrogens with zero attached hydrogens (tertiary/aromatic N) is 1. The van der Waals surface area contributed by atoms with Crippen molar-refractivity contribution >= 4 is 34.3 Å². The third-order valence-electron chi connectivity index (χ3n) is 6.49. The Hall–Kier alpha value is -2.45. The molecule has 0 aromatic heterocycles. The van der Waals surface area contributed by atoms with Crippen LogP contribution in [0.3, 0.4) is 0 Å². The molecule has 14 heteroatoms. The summed E-state index contributed by atoms with van der Waals surface area (Å²) in [5.74, 6) is -2.40. The second-order valence-electron chi connectivity index (χ2n) is 9.79. The Labute approximate surface area is 230 Å². The number of nitrogens with one attached hydrogen (secondary N) is 1. The molecule has 0 bridgehead atoms. The van der Waals surface area contributed by atoms with Gasteiger partial charge in [-0.25, -0.2) is 4.79 Å². The van der Waals surface area contributed by atoms with Crippen LogP contribution in [0.15, 0.2) is 0 Å². The molecular weight excluding hydrogens is 536 g/mol. The lowest BCUT2D eigenvalue weighted by atomic mass is 9.92. The summed E-state index contributed by atoms with van der Waals surface area (Å²) in [6.07, 6.45) is 3.90. The third kappa shape index (κ3) is 10.6. The van der Waals surface area contributed by atoms with E-state index < -0.39 is 64.8 Å². The largest absolute Gasteiger partial charge is 0.456 e. The Morgan fingerprint density at radius 1 is 0.821 bits per heavy atom. The predicted molar refractivity (Wildman–Crippen MR) is 137 cm³/mol. The molecule has 0 spiro atoms.